The summed E-state index contributed by atoms with van der Waals surface area (Å²) < 4.78 is 6.69. The molecule has 1 aromatic rings. The molecule has 0 saturated heterocycles. The molecule has 3 nitrogen and oxygen atoms in total. The van der Waals surface area contributed by atoms with Crippen molar-refractivity contribution in [2.24, 2.45) is 0 Å². The molecule has 0 aromatic heterocycles. The summed E-state index contributed by atoms with van der Waals surface area (Å²) in [4.78, 5) is 11.9. The van der Waals surface area contributed by atoms with Crippen LogP contribution in [0.5, 0.6) is 5.75 Å². The minimum absolute atomic E-state index is 0.661. The number of fused-ring (bicyclic) bond motifs is 1. The molecule has 0 radical (unpaired) electrons. The first-order chi connectivity index (χ1) is 9.13. The second-order valence-corrected chi connectivity index (χ2v) is 6.40. The first kappa shape index (κ1) is 13.0. The molecule has 1 fully saturated rings. The van der Waals surface area contributed by atoms with Crippen LogP contribution in [0.2, 0.25) is 0 Å². The van der Waals surface area contributed by atoms with Crippen LogP contribution in [0.1, 0.15) is 43.2 Å². The van der Waals surface area contributed by atoms with E-state index in [0.717, 1.165) is 47.0 Å². The van der Waals surface area contributed by atoms with Gasteiger partial charge in [-0.2, -0.15) is 0 Å². The summed E-state index contributed by atoms with van der Waals surface area (Å²) in [6, 6.07) is 3.99. The largest absolute Gasteiger partial charge is 0.493 e. The standard InChI is InChI=1S/C15H17BrO3/c16-11-8-10-4-7-19-13(10)12(9-11)15(14(17)18)5-2-1-3-6-15/h8-9H,1-7H2,(H,17,18). The van der Waals surface area contributed by atoms with E-state index >= 15 is 0 Å². The highest BCUT2D eigenvalue weighted by molar-refractivity contribution is 9.10. The third-order valence-electron chi connectivity index (χ3n) is 4.38. The van der Waals surface area contributed by atoms with Crippen LogP contribution in [-0.4, -0.2) is 17.7 Å². The Labute approximate surface area is 121 Å². The van der Waals surface area contributed by atoms with Crippen molar-refractivity contribution in [2.75, 3.05) is 6.61 Å². The second kappa shape index (κ2) is 4.82. The quantitative estimate of drug-likeness (QED) is 0.902. The number of halogens is 1. The van der Waals surface area contributed by atoms with Gasteiger partial charge in [0.15, 0.2) is 0 Å². The highest BCUT2D eigenvalue weighted by Gasteiger charge is 2.44. The molecule has 102 valence electrons. The number of carboxylic acid groups (broad SMARTS) is 1. The van der Waals surface area contributed by atoms with Gasteiger partial charge in [-0.15, -0.1) is 0 Å². The average Bonchev–Trinajstić information content (AvgIpc) is 2.86. The van der Waals surface area contributed by atoms with Crippen LogP contribution in [-0.2, 0) is 16.6 Å². The number of rotatable bonds is 2. The number of hydrogen-bond donors (Lipinski definition) is 1. The number of hydrogen-bond acceptors (Lipinski definition) is 2. The van der Waals surface area contributed by atoms with Gasteiger partial charge in [0.05, 0.1) is 12.0 Å². The van der Waals surface area contributed by atoms with E-state index < -0.39 is 11.4 Å². The summed E-state index contributed by atoms with van der Waals surface area (Å²) in [5.74, 6) is 0.121. The molecule has 2 aliphatic rings. The molecule has 0 spiro atoms. The topological polar surface area (TPSA) is 46.5 Å². The second-order valence-electron chi connectivity index (χ2n) is 5.49. The zero-order valence-corrected chi connectivity index (χ0v) is 12.3. The van der Waals surface area contributed by atoms with E-state index in [9.17, 15) is 9.90 Å². The summed E-state index contributed by atoms with van der Waals surface area (Å²) in [7, 11) is 0. The van der Waals surface area contributed by atoms with Gasteiger partial charge in [0, 0.05) is 16.5 Å². The Bertz CT molecular complexity index is 518. The van der Waals surface area contributed by atoms with E-state index in [0.29, 0.717) is 19.4 Å². The zero-order valence-electron chi connectivity index (χ0n) is 10.7. The van der Waals surface area contributed by atoms with E-state index in [2.05, 4.69) is 15.9 Å². The molecular formula is C15H17BrO3. The van der Waals surface area contributed by atoms with E-state index in [1.165, 1.54) is 0 Å². The van der Waals surface area contributed by atoms with E-state index in [1.54, 1.807) is 0 Å². The van der Waals surface area contributed by atoms with Crippen molar-refractivity contribution in [2.45, 2.75) is 43.9 Å². The van der Waals surface area contributed by atoms with Crippen molar-refractivity contribution in [1.82, 2.24) is 0 Å². The minimum Gasteiger partial charge on any atom is -0.493 e. The lowest BCUT2D eigenvalue weighted by Gasteiger charge is -2.34. The van der Waals surface area contributed by atoms with Crippen LogP contribution >= 0.6 is 15.9 Å². The van der Waals surface area contributed by atoms with Crippen LogP contribution in [0.3, 0.4) is 0 Å². The van der Waals surface area contributed by atoms with Crippen molar-refractivity contribution in [1.29, 1.82) is 0 Å². The Kier molecular flexibility index (Phi) is 3.29. The highest BCUT2D eigenvalue weighted by atomic mass is 79.9. The van der Waals surface area contributed by atoms with Gasteiger partial charge in [0.25, 0.3) is 0 Å². The molecule has 0 unspecified atom stereocenters. The van der Waals surface area contributed by atoms with Gasteiger partial charge in [0.2, 0.25) is 0 Å². The lowest BCUT2D eigenvalue weighted by atomic mass is 9.69. The molecule has 19 heavy (non-hydrogen) atoms. The lowest BCUT2D eigenvalue weighted by Crippen LogP contribution is -2.38. The first-order valence-electron chi connectivity index (χ1n) is 6.82. The fourth-order valence-electron chi connectivity index (χ4n) is 3.38. The van der Waals surface area contributed by atoms with Gasteiger partial charge in [-0.3, -0.25) is 4.79 Å². The predicted octanol–water partition coefficient (Wildman–Crippen LogP) is 3.67. The summed E-state index contributed by atoms with van der Waals surface area (Å²) in [5.41, 5.74) is 1.26. The molecule has 4 heteroatoms. The number of aliphatic carboxylic acids is 1. The number of carboxylic acids is 1. The Balaban J connectivity index is 2.16. The molecule has 1 heterocycles. The van der Waals surface area contributed by atoms with Crippen molar-refractivity contribution >= 4 is 21.9 Å². The van der Waals surface area contributed by atoms with Crippen LogP contribution in [0, 0.1) is 0 Å². The molecule has 1 aliphatic heterocycles. The minimum atomic E-state index is -0.754. The van der Waals surface area contributed by atoms with Crippen molar-refractivity contribution in [3.05, 3.63) is 27.7 Å². The van der Waals surface area contributed by atoms with Gasteiger partial charge < -0.3 is 9.84 Å². The Morgan fingerprint density at radius 2 is 2.00 bits per heavy atom. The van der Waals surface area contributed by atoms with Gasteiger partial charge >= 0.3 is 5.97 Å². The third-order valence-corrected chi connectivity index (χ3v) is 4.84. The molecule has 1 aliphatic carbocycles. The van der Waals surface area contributed by atoms with Crippen LogP contribution in [0.4, 0.5) is 0 Å². The van der Waals surface area contributed by atoms with E-state index in [4.69, 9.17) is 4.74 Å². The maximum absolute atomic E-state index is 11.9. The molecule has 0 bridgehead atoms. The lowest BCUT2D eigenvalue weighted by molar-refractivity contribution is -0.145. The highest BCUT2D eigenvalue weighted by Crippen LogP contribution is 2.47. The van der Waals surface area contributed by atoms with Crippen molar-refractivity contribution in [3.63, 3.8) is 0 Å². The average molecular weight is 325 g/mol. The van der Waals surface area contributed by atoms with Gasteiger partial charge in [-0.25, -0.2) is 0 Å². The number of benzene rings is 1. The number of carbonyl (C=O) groups is 1. The Morgan fingerprint density at radius 3 is 2.68 bits per heavy atom. The summed E-state index contributed by atoms with van der Waals surface area (Å²) >= 11 is 3.51. The molecule has 0 amide bonds. The number of ether oxygens (including phenoxy) is 1. The maximum atomic E-state index is 11.9. The van der Waals surface area contributed by atoms with Crippen molar-refractivity contribution < 1.29 is 14.6 Å². The molecular weight excluding hydrogens is 308 g/mol. The predicted molar refractivity (Wildman–Crippen MR) is 75.7 cm³/mol. The zero-order chi connectivity index (χ0) is 13.5. The SMILES string of the molecule is O=C(O)C1(c2cc(Br)cc3c2OCC3)CCCCC1. The third kappa shape index (κ3) is 2.06. The molecule has 1 N–H and O–H groups in total. The fourth-order valence-corrected chi connectivity index (χ4v) is 3.88. The smallest absolute Gasteiger partial charge is 0.314 e. The molecule has 1 aromatic carbocycles. The van der Waals surface area contributed by atoms with E-state index in [-0.39, 0.29) is 0 Å². The summed E-state index contributed by atoms with van der Waals surface area (Å²) in [6.45, 7) is 0.661. The van der Waals surface area contributed by atoms with Gasteiger partial charge in [-0.05, 0) is 30.5 Å². The van der Waals surface area contributed by atoms with Gasteiger partial charge in [-0.1, -0.05) is 35.2 Å². The maximum Gasteiger partial charge on any atom is 0.314 e. The van der Waals surface area contributed by atoms with Crippen LogP contribution < -0.4 is 4.74 Å². The van der Waals surface area contributed by atoms with Crippen LogP contribution in [0.25, 0.3) is 0 Å². The van der Waals surface area contributed by atoms with Crippen LogP contribution in [0.15, 0.2) is 16.6 Å². The van der Waals surface area contributed by atoms with E-state index in [1.807, 2.05) is 12.1 Å². The summed E-state index contributed by atoms with van der Waals surface area (Å²) in [5, 5.41) is 9.79. The monoisotopic (exact) mass is 324 g/mol. The van der Waals surface area contributed by atoms with Gasteiger partial charge in [0.1, 0.15) is 5.75 Å². The molecule has 0 atom stereocenters. The Morgan fingerprint density at radius 1 is 1.26 bits per heavy atom. The van der Waals surface area contributed by atoms with Crippen molar-refractivity contribution in [3.8, 4) is 5.75 Å². The molecule has 1 saturated carbocycles. The fraction of sp³-hybridized carbons (Fsp3) is 0.533. The molecule has 3 rings (SSSR count). The normalized spacial score (nSPS) is 20.7. The summed E-state index contributed by atoms with van der Waals surface area (Å²) in [6.07, 6.45) is 5.40. The first-order valence-corrected chi connectivity index (χ1v) is 7.62. The Hall–Kier alpha value is -1.03.